The average molecular weight is 246 g/mol. The SMILES string of the molecule is Clc1ccc2scc(-c3ccccc3)c2n1. The summed E-state index contributed by atoms with van der Waals surface area (Å²) in [6.45, 7) is 0. The molecule has 0 amide bonds. The molecule has 3 rings (SSSR count). The highest BCUT2D eigenvalue weighted by molar-refractivity contribution is 7.17. The Morgan fingerprint density at radius 3 is 2.62 bits per heavy atom. The summed E-state index contributed by atoms with van der Waals surface area (Å²) in [6, 6.07) is 14.1. The number of rotatable bonds is 1. The van der Waals surface area contributed by atoms with Crippen LogP contribution in [0, 0.1) is 0 Å². The molecule has 0 spiro atoms. The Hall–Kier alpha value is -1.38. The Balaban J connectivity index is 2.29. The number of aromatic nitrogens is 1. The lowest BCUT2D eigenvalue weighted by Crippen LogP contribution is -1.78. The van der Waals surface area contributed by atoms with E-state index in [1.54, 1.807) is 11.3 Å². The highest BCUT2D eigenvalue weighted by Crippen LogP contribution is 2.33. The maximum absolute atomic E-state index is 5.93. The van der Waals surface area contributed by atoms with E-state index in [0.29, 0.717) is 5.15 Å². The molecule has 3 heteroatoms. The fraction of sp³-hybridized carbons (Fsp3) is 0. The molecule has 1 aromatic carbocycles. The van der Waals surface area contributed by atoms with Crippen LogP contribution in [0.5, 0.6) is 0 Å². The van der Waals surface area contributed by atoms with Crippen molar-refractivity contribution in [2.75, 3.05) is 0 Å². The number of thiophene rings is 1. The third-order valence-corrected chi connectivity index (χ3v) is 3.62. The number of nitrogens with zero attached hydrogens (tertiary/aromatic N) is 1. The molecule has 16 heavy (non-hydrogen) atoms. The Kier molecular flexibility index (Phi) is 2.39. The molecular formula is C13H8ClNS. The van der Waals surface area contributed by atoms with Gasteiger partial charge in [0.15, 0.2) is 0 Å². The summed E-state index contributed by atoms with van der Waals surface area (Å²) in [5.74, 6) is 0. The van der Waals surface area contributed by atoms with Crippen molar-refractivity contribution in [2.24, 2.45) is 0 Å². The molecule has 0 aliphatic rings. The first kappa shape index (κ1) is 9.82. The van der Waals surface area contributed by atoms with E-state index in [2.05, 4.69) is 22.5 Å². The van der Waals surface area contributed by atoms with Gasteiger partial charge in [-0.15, -0.1) is 11.3 Å². The Morgan fingerprint density at radius 1 is 1.00 bits per heavy atom. The van der Waals surface area contributed by atoms with Gasteiger partial charge in [0.2, 0.25) is 0 Å². The van der Waals surface area contributed by atoms with Gasteiger partial charge in [0.1, 0.15) is 5.15 Å². The summed E-state index contributed by atoms with van der Waals surface area (Å²) in [6.07, 6.45) is 0. The van der Waals surface area contributed by atoms with Gasteiger partial charge in [-0.1, -0.05) is 41.9 Å². The number of benzene rings is 1. The fourth-order valence-electron chi connectivity index (χ4n) is 1.71. The van der Waals surface area contributed by atoms with Crippen molar-refractivity contribution in [1.29, 1.82) is 0 Å². The van der Waals surface area contributed by atoms with Crippen LogP contribution in [0.3, 0.4) is 0 Å². The first-order chi connectivity index (χ1) is 7.84. The summed E-state index contributed by atoms with van der Waals surface area (Å²) in [5.41, 5.74) is 3.33. The summed E-state index contributed by atoms with van der Waals surface area (Å²) >= 11 is 7.62. The average Bonchev–Trinajstić information content (AvgIpc) is 2.73. The largest absolute Gasteiger partial charge is 0.235 e. The van der Waals surface area contributed by atoms with Gasteiger partial charge in [-0.25, -0.2) is 4.98 Å². The Labute approximate surface area is 102 Å². The van der Waals surface area contributed by atoms with Gasteiger partial charge in [-0.2, -0.15) is 0 Å². The molecule has 0 bridgehead atoms. The molecule has 0 aliphatic carbocycles. The maximum atomic E-state index is 5.93. The monoisotopic (exact) mass is 245 g/mol. The van der Waals surface area contributed by atoms with Crippen LogP contribution in [0.1, 0.15) is 0 Å². The lowest BCUT2D eigenvalue weighted by atomic mass is 10.1. The quantitative estimate of drug-likeness (QED) is 0.570. The van der Waals surface area contributed by atoms with Crippen LogP contribution in [0.2, 0.25) is 5.15 Å². The van der Waals surface area contributed by atoms with Crippen LogP contribution in [0.4, 0.5) is 0 Å². The van der Waals surface area contributed by atoms with Gasteiger partial charge >= 0.3 is 0 Å². The van der Waals surface area contributed by atoms with E-state index in [1.807, 2.05) is 30.3 Å². The van der Waals surface area contributed by atoms with Crippen LogP contribution in [0.25, 0.3) is 21.3 Å². The third kappa shape index (κ3) is 1.60. The molecule has 78 valence electrons. The molecule has 0 saturated heterocycles. The summed E-state index contributed by atoms with van der Waals surface area (Å²) in [7, 11) is 0. The van der Waals surface area contributed by atoms with Gasteiger partial charge in [0.05, 0.1) is 10.2 Å². The van der Waals surface area contributed by atoms with Gasteiger partial charge in [-0.05, 0) is 17.7 Å². The Morgan fingerprint density at radius 2 is 1.81 bits per heavy atom. The van der Waals surface area contributed by atoms with Crippen LogP contribution < -0.4 is 0 Å². The van der Waals surface area contributed by atoms with Crippen LogP contribution in [0.15, 0.2) is 47.8 Å². The topological polar surface area (TPSA) is 12.9 Å². The van der Waals surface area contributed by atoms with E-state index < -0.39 is 0 Å². The molecule has 0 aliphatic heterocycles. The Bertz CT molecular complexity index is 631. The minimum absolute atomic E-state index is 0.545. The zero-order valence-corrected chi connectivity index (χ0v) is 9.92. The van der Waals surface area contributed by atoms with Crippen molar-refractivity contribution in [1.82, 2.24) is 4.98 Å². The van der Waals surface area contributed by atoms with Crippen molar-refractivity contribution in [3.63, 3.8) is 0 Å². The zero-order chi connectivity index (χ0) is 11.0. The van der Waals surface area contributed by atoms with Crippen LogP contribution in [-0.4, -0.2) is 4.98 Å². The van der Waals surface area contributed by atoms with E-state index in [0.717, 1.165) is 11.1 Å². The molecule has 0 saturated carbocycles. The lowest BCUT2D eigenvalue weighted by Gasteiger charge is -1.98. The van der Waals surface area contributed by atoms with Gasteiger partial charge < -0.3 is 0 Å². The number of hydrogen-bond acceptors (Lipinski definition) is 2. The predicted molar refractivity (Wildman–Crippen MR) is 70.1 cm³/mol. The van der Waals surface area contributed by atoms with Crippen molar-refractivity contribution in [3.05, 3.63) is 53.0 Å². The molecule has 0 fully saturated rings. The standard InChI is InChI=1S/C13H8ClNS/c14-12-7-6-11-13(15-12)10(8-16-11)9-4-2-1-3-5-9/h1-8H. The minimum atomic E-state index is 0.545. The number of fused-ring (bicyclic) bond motifs is 1. The zero-order valence-electron chi connectivity index (χ0n) is 8.35. The molecule has 2 heterocycles. The molecule has 0 unspecified atom stereocenters. The second-order valence-corrected chi connectivity index (χ2v) is 4.79. The minimum Gasteiger partial charge on any atom is -0.235 e. The van der Waals surface area contributed by atoms with Crippen molar-refractivity contribution < 1.29 is 0 Å². The van der Waals surface area contributed by atoms with E-state index in [-0.39, 0.29) is 0 Å². The maximum Gasteiger partial charge on any atom is 0.129 e. The van der Waals surface area contributed by atoms with E-state index in [1.165, 1.54) is 10.3 Å². The van der Waals surface area contributed by atoms with Crippen molar-refractivity contribution in [3.8, 4) is 11.1 Å². The number of hydrogen-bond donors (Lipinski definition) is 0. The van der Waals surface area contributed by atoms with Crippen molar-refractivity contribution in [2.45, 2.75) is 0 Å². The van der Waals surface area contributed by atoms with Gasteiger partial charge in [0, 0.05) is 10.9 Å². The predicted octanol–water partition coefficient (Wildman–Crippen LogP) is 4.62. The summed E-state index contributed by atoms with van der Waals surface area (Å²) in [4.78, 5) is 4.39. The molecule has 0 radical (unpaired) electrons. The second kappa shape index (κ2) is 3.89. The first-order valence-corrected chi connectivity index (χ1v) is 6.19. The molecular weight excluding hydrogens is 238 g/mol. The van der Waals surface area contributed by atoms with E-state index >= 15 is 0 Å². The number of pyridine rings is 1. The number of halogens is 1. The van der Waals surface area contributed by atoms with E-state index in [4.69, 9.17) is 11.6 Å². The highest BCUT2D eigenvalue weighted by atomic mass is 35.5. The lowest BCUT2D eigenvalue weighted by molar-refractivity contribution is 1.42. The van der Waals surface area contributed by atoms with Gasteiger partial charge in [-0.3, -0.25) is 0 Å². The van der Waals surface area contributed by atoms with Gasteiger partial charge in [0.25, 0.3) is 0 Å². The molecule has 1 nitrogen and oxygen atoms in total. The van der Waals surface area contributed by atoms with E-state index in [9.17, 15) is 0 Å². The van der Waals surface area contributed by atoms with Crippen molar-refractivity contribution >= 4 is 33.2 Å². The third-order valence-electron chi connectivity index (χ3n) is 2.47. The summed E-state index contributed by atoms with van der Waals surface area (Å²) < 4.78 is 1.17. The highest BCUT2D eigenvalue weighted by Gasteiger charge is 2.07. The normalized spacial score (nSPS) is 10.8. The molecule has 0 N–H and O–H groups in total. The van der Waals surface area contributed by atoms with Crippen LogP contribution in [-0.2, 0) is 0 Å². The molecule has 2 aromatic heterocycles. The second-order valence-electron chi connectivity index (χ2n) is 3.50. The molecule has 0 atom stereocenters. The molecule has 3 aromatic rings. The fourth-order valence-corrected chi connectivity index (χ4v) is 2.77. The smallest absolute Gasteiger partial charge is 0.129 e. The van der Waals surface area contributed by atoms with Crippen LogP contribution >= 0.6 is 22.9 Å². The first-order valence-electron chi connectivity index (χ1n) is 4.94. The summed E-state index contributed by atoms with van der Waals surface area (Å²) in [5, 5.41) is 2.67.